The molecule has 2 rings (SSSR count). The Morgan fingerprint density at radius 2 is 2.00 bits per heavy atom. The number of hydrogen-bond donors (Lipinski definition) is 0. The van der Waals surface area contributed by atoms with Gasteiger partial charge in [0, 0.05) is 13.5 Å². The molecule has 0 bridgehead atoms. The van der Waals surface area contributed by atoms with E-state index in [4.69, 9.17) is 4.74 Å². The number of carbonyl (C=O) groups is 1. The first-order valence-electron chi connectivity index (χ1n) is 5.62. The molecule has 0 aliphatic carbocycles. The zero-order valence-electron chi connectivity index (χ0n) is 9.72. The summed E-state index contributed by atoms with van der Waals surface area (Å²) in [7, 11) is 0. The smallest absolute Gasteiger partial charge is 0.219 e. The Bertz CT molecular complexity index is 363. The lowest BCUT2D eigenvalue weighted by Crippen LogP contribution is -2.45. The number of rotatable bonds is 1. The van der Waals surface area contributed by atoms with E-state index in [0.717, 1.165) is 5.56 Å². The highest BCUT2D eigenvalue weighted by atomic mass is 16.5. The summed E-state index contributed by atoms with van der Waals surface area (Å²) in [6.45, 7) is 4.97. The van der Waals surface area contributed by atoms with Crippen LogP contribution in [0.25, 0.3) is 0 Å². The molecule has 2 atom stereocenters. The summed E-state index contributed by atoms with van der Waals surface area (Å²) in [6.07, 6.45) is 0.108. The van der Waals surface area contributed by atoms with Crippen LogP contribution in [-0.2, 0) is 9.53 Å². The largest absolute Gasteiger partial charge is 0.367 e. The highest BCUT2D eigenvalue weighted by Crippen LogP contribution is 2.24. The second-order valence-corrected chi connectivity index (χ2v) is 4.27. The number of hydrogen-bond acceptors (Lipinski definition) is 2. The quantitative estimate of drug-likeness (QED) is 0.723. The minimum absolute atomic E-state index is 0.00819. The summed E-state index contributed by atoms with van der Waals surface area (Å²) < 4.78 is 5.86. The SMILES string of the molecule is CC(=O)N1C[C@H](C)O[C@@H](c2ccccc2)C1. The molecule has 1 aliphatic heterocycles. The predicted octanol–water partition coefficient (Wildman–Crippen LogP) is 1.99. The van der Waals surface area contributed by atoms with Gasteiger partial charge in [-0.1, -0.05) is 30.3 Å². The van der Waals surface area contributed by atoms with Gasteiger partial charge in [0.2, 0.25) is 5.91 Å². The van der Waals surface area contributed by atoms with Crippen LogP contribution in [0.3, 0.4) is 0 Å². The molecule has 1 saturated heterocycles. The van der Waals surface area contributed by atoms with Crippen molar-refractivity contribution in [2.24, 2.45) is 0 Å². The lowest BCUT2D eigenvalue weighted by molar-refractivity contribution is -0.142. The number of nitrogens with zero attached hydrogens (tertiary/aromatic N) is 1. The Hall–Kier alpha value is -1.35. The van der Waals surface area contributed by atoms with Crippen LogP contribution in [0, 0.1) is 0 Å². The van der Waals surface area contributed by atoms with E-state index in [0.29, 0.717) is 13.1 Å². The van der Waals surface area contributed by atoms with Gasteiger partial charge in [0.15, 0.2) is 0 Å². The maximum Gasteiger partial charge on any atom is 0.219 e. The lowest BCUT2D eigenvalue weighted by atomic mass is 10.1. The molecule has 1 heterocycles. The first-order valence-corrected chi connectivity index (χ1v) is 5.62. The molecule has 0 spiro atoms. The van der Waals surface area contributed by atoms with Crippen LogP contribution in [0.2, 0.25) is 0 Å². The third kappa shape index (κ3) is 2.42. The van der Waals surface area contributed by atoms with Crippen molar-refractivity contribution < 1.29 is 9.53 Å². The van der Waals surface area contributed by atoms with Gasteiger partial charge in [-0.25, -0.2) is 0 Å². The molecule has 1 aromatic carbocycles. The van der Waals surface area contributed by atoms with Crippen molar-refractivity contribution in [2.75, 3.05) is 13.1 Å². The van der Waals surface area contributed by atoms with Crippen LogP contribution in [0.15, 0.2) is 30.3 Å². The number of benzene rings is 1. The molecule has 1 aliphatic rings. The van der Waals surface area contributed by atoms with Crippen molar-refractivity contribution in [3.8, 4) is 0 Å². The van der Waals surface area contributed by atoms with Crippen LogP contribution < -0.4 is 0 Å². The Kier molecular flexibility index (Phi) is 3.25. The van der Waals surface area contributed by atoms with Gasteiger partial charge in [-0.2, -0.15) is 0 Å². The highest BCUT2D eigenvalue weighted by molar-refractivity contribution is 5.73. The number of morpholine rings is 1. The molecule has 0 N–H and O–H groups in total. The van der Waals surface area contributed by atoms with Gasteiger partial charge < -0.3 is 9.64 Å². The monoisotopic (exact) mass is 219 g/mol. The minimum atomic E-state index is 0.00819. The number of amides is 1. The van der Waals surface area contributed by atoms with Crippen LogP contribution in [-0.4, -0.2) is 30.0 Å². The fourth-order valence-corrected chi connectivity index (χ4v) is 2.06. The van der Waals surface area contributed by atoms with E-state index in [9.17, 15) is 4.79 Å². The fourth-order valence-electron chi connectivity index (χ4n) is 2.06. The maximum absolute atomic E-state index is 11.4. The number of ether oxygens (including phenoxy) is 1. The highest BCUT2D eigenvalue weighted by Gasteiger charge is 2.27. The van der Waals surface area contributed by atoms with Crippen LogP contribution in [0.4, 0.5) is 0 Å². The molecule has 0 aromatic heterocycles. The molecule has 0 unspecified atom stereocenters. The van der Waals surface area contributed by atoms with Crippen LogP contribution in [0.5, 0.6) is 0 Å². The van der Waals surface area contributed by atoms with Crippen molar-refractivity contribution >= 4 is 5.91 Å². The molecular formula is C13H17NO2. The van der Waals surface area contributed by atoms with Crippen LogP contribution in [0.1, 0.15) is 25.5 Å². The Morgan fingerprint density at radius 3 is 2.62 bits per heavy atom. The van der Waals surface area contributed by atoms with Crippen LogP contribution >= 0.6 is 0 Å². The van der Waals surface area contributed by atoms with Gasteiger partial charge in [0.05, 0.1) is 12.6 Å². The summed E-state index contributed by atoms with van der Waals surface area (Å²) in [6, 6.07) is 10.1. The third-order valence-corrected chi connectivity index (χ3v) is 2.88. The summed E-state index contributed by atoms with van der Waals surface area (Å²) in [5.74, 6) is 0.121. The van der Waals surface area contributed by atoms with E-state index in [1.165, 1.54) is 0 Å². The lowest BCUT2D eigenvalue weighted by Gasteiger charge is -2.36. The first kappa shape index (κ1) is 11.1. The average Bonchev–Trinajstić information content (AvgIpc) is 2.29. The van der Waals surface area contributed by atoms with Gasteiger partial charge >= 0.3 is 0 Å². The zero-order chi connectivity index (χ0) is 11.5. The molecule has 1 amide bonds. The summed E-state index contributed by atoms with van der Waals surface area (Å²) in [5.41, 5.74) is 1.14. The van der Waals surface area contributed by atoms with Crippen molar-refractivity contribution in [1.82, 2.24) is 4.90 Å². The minimum Gasteiger partial charge on any atom is -0.367 e. The van der Waals surface area contributed by atoms with E-state index in [1.54, 1.807) is 6.92 Å². The van der Waals surface area contributed by atoms with Gasteiger partial charge in [-0.15, -0.1) is 0 Å². The standard InChI is InChI=1S/C13H17NO2/c1-10-8-14(11(2)15)9-13(16-10)12-6-4-3-5-7-12/h3-7,10,13H,8-9H2,1-2H3/t10-,13+/m0/s1. The maximum atomic E-state index is 11.4. The zero-order valence-corrected chi connectivity index (χ0v) is 9.72. The van der Waals surface area contributed by atoms with Crippen molar-refractivity contribution in [3.63, 3.8) is 0 Å². The molecule has 3 nitrogen and oxygen atoms in total. The Labute approximate surface area is 96.0 Å². The van der Waals surface area contributed by atoms with Gasteiger partial charge in [0.25, 0.3) is 0 Å². The van der Waals surface area contributed by atoms with E-state index >= 15 is 0 Å². The summed E-state index contributed by atoms with van der Waals surface area (Å²) in [4.78, 5) is 13.2. The Morgan fingerprint density at radius 1 is 1.31 bits per heavy atom. The second kappa shape index (κ2) is 4.66. The average molecular weight is 219 g/mol. The molecule has 1 aromatic rings. The normalized spacial score (nSPS) is 25.5. The Balaban J connectivity index is 2.14. The summed E-state index contributed by atoms with van der Waals surface area (Å²) in [5, 5.41) is 0. The summed E-state index contributed by atoms with van der Waals surface area (Å²) >= 11 is 0. The molecular weight excluding hydrogens is 202 g/mol. The fraction of sp³-hybridized carbons (Fsp3) is 0.462. The molecule has 0 radical (unpaired) electrons. The predicted molar refractivity (Wildman–Crippen MR) is 62.0 cm³/mol. The first-order chi connectivity index (χ1) is 7.66. The molecule has 86 valence electrons. The van der Waals surface area contributed by atoms with E-state index in [2.05, 4.69) is 0 Å². The van der Waals surface area contributed by atoms with Crippen molar-refractivity contribution in [2.45, 2.75) is 26.1 Å². The molecule has 0 saturated carbocycles. The van der Waals surface area contributed by atoms with E-state index in [1.807, 2.05) is 42.2 Å². The van der Waals surface area contributed by atoms with Gasteiger partial charge in [-0.3, -0.25) is 4.79 Å². The molecule has 16 heavy (non-hydrogen) atoms. The third-order valence-electron chi connectivity index (χ3n) is 2.88. The van der Waals surface area contributed by atoms with E-state index < -0.39 is 0 Å². The topological polar surface area (TPSA) is 29.5 Å². The van der Waals surface area contributed by atoms with Gasteiger partial charge in [-0.05, 0) is 12.5 Å². The number of carbonyl (C=O) groups excluding carboxylic acids is 1. The van der Waals surface area contributed by atoms with Crippen molar-refractivity contribution in [3.05, 3.63) is 35.9 Å². The molecule has 1 fully saturated rings. The van der Waals surface area contributed by atoms with Crippen molar-refractivity contribution in [1.29, 1.82) is 0 Å². The second-order valence-electron chi connectivity index (χ2n) is 4.27. The van der Waals surface area contributed by atoms with E-state index in [-0.39, 0.29) is 18.1 Å². The van der Waals surface area contributed by atoms with Gasteiger partial charge in [0.1, 0.15) is 6.10 Å². The molecule has 3 heteroatoms.